The van der Waals surface area contributed by atoms with Crippen LogP contribution in [0.4, 0.5) is 0 Å². The predicted octanol–water partition coefficient (Wildman–Crippen LogP) is 2.19. The van der Waals surface area contributed by atoms with Gasteiger partial charge in [0, 0.05) is 6.04 Å². The number of carbonyl (C=O) groups excluding carboxylic acids is 1. The van der Waals surface area contributed by atoms with Crippen LogP contribution < -0.4 is 10.1 Å². The first-order valence-corrected chi connectivity index (χ1v) is 6.21. The number of carbonyl (C=O) groups is 1. The summed E-state index contributed by atoms with van der Waals surface area (Å²) in [6, 6.07) is 7.75. The molecule has 0 aromatic heterocycles. The lowest BCUT2D eigenvalue weighted by Gasteiger charge is -2.05. The molecular formula is C15H16N2O2. The van der Waals surface area contributed by atoms with E-state index < -0.39 is 0 Å². The zero-order chi connectivity index (χ0) is 13.8. The zero-order valence-electron chi connectivity index (χ0n) is 11.1. The maximum Gasteiger partial charge on any atom is 0.262 e. The molecule has 0 bridgehead atoms. The van der Waals surface area contributed by atoms with E-state index in [-0.39, 0.29) is 17.5 Å². The van der Waals surface area contributed by atoms with E-state index in [1.807, 2.05) is 31.2 Å². The van der Waals surface area contributed by atoms with Gasteiger partial charge in [0.05, 0.1) is 7.11 Å². The van der Waals surface area contributed by atoms with Crippen LogP contribution in [0.1, 0.15) is 24.0 Å². The Morgan fingerprint density at radius 3 is 2.79 bits per heavy atom. The van der Waals surface area contributed by atoms with Gasteiger partial charge in [0.1, 0.15) is 17.4 Å². The lowest BCUT2D eigenvalue weighted by Crippen LogP contribution is -2.26. The second kappa shape index (κ2) is 5.57. The molecule has 4 nitrogen and oxygen atoms in total. The van der Waals surface area contributed by atoms with E-state index in [1.54, 1.807) is 13.2 Å². The highest BCUT2D eigenvalue weighted by atomic mass is 16.5. The second-order valence-electron chi connectivity index (χ2n) is 4.65. The van der Waals surface area contributed by atoms with Crippen molar-refractivity contribution in [2.24, 2.45) is 0 Å². The first-order chi connectivity index (χ1) is 9.13. The molecule has 2 rings (SSSR count). The minimum Gasteiger partial charge on any atom is -0.496 e. The molecule has 1 saturated carbocycles. The number of nitriles is 1. The van der Waals surface area contributed by atoms with Crippen LogP contribution in [0.2, 0.25) is 0 Å². The van der Waals surface area contributed by atoms with Crippen LogP contribution in [0.3, 0.4) is 0 Å². The van der Waals surface area contributed by atoms with Gasteiger partial charge >= 0.3 is 0 Å². The van der Waals surface area contributed by atoms with Gasteiger partial charge in [-0.2, -0.15) is 5.26 Å². The monoisotopic (exact) mass is 256 g/mol. The van der Waals surface area contributed by atoms with E-state index in [2.05, 4.69) is 5.32 Å². The van der Waals surface area contributed by atoms with Crippen molar-refractivity contribution in [3.8, 4) is 11.8 Å². The van der Waals surface area contributed by atoms with E-state index in [1.165, 1.54) is 0 Å². The molecular weight excluding hydrogens is 240 g/mol. The van der Waals surface area contributed by atoms with E-state index in [0.29, 0.717) is 0 Å². The number of methoxy groups -OCH3 is 1. The molecule has 4 heteroatoms. The topological polar surface area (TPSA) is 62.1 Å². The molecule has 0 radical (unpaired) electrons. The van der Waals surface area contributed by atoms with Crippen molar-refractivity contribution in [2.45, 2.75) is 25.8 Å². The maximum atomic E-state index is 11.8. The molecule has 0 heterocycles. The number of hydrogen-bond donors (Lipinski definition) is 1. The number of hydrogen-bond acceptors (Lipinski definition) is 3. The van der Waals surface area contributed by atoms with Crippen molar-refractivity contribution >= 4 is 12.0 Å². The predicted molar refractivity (Wildman–Crippen MR) is 72.5 cm³/mol. The summed E-state index contributed by atoms with van der Waals surface area (Å²) in [4.78, 5) is 11.8. The summed E-state index contributed by atoms with van der Waals surface area (Å²) in [7, 11) is 1.61. The zero-order valence-corrected chi connectivity index (χ0v) is 11.1. The Morgan fingerprint density at radius 2 is 2.26 bits per heavy atom. The normalized spacial score (nSPS) is 14.7. The standard InChI is InChI=1S/C15H16N2O2/c1-10-7-11(3-6-14(10)19-2)8-12(9-16)15(18)17-13-4-5-13/h3,6-8,13H,4-5H2,1-2H3,(H,17,18)/b12-8+. The van der Waals surface area contributed by atoms with E-state index in [0.717, 1.165) is 29.7 Å². The molecule has 19 heavy (non-hydrogen) atoms. The van der Waals surface area contributed by atoms with Crippen LogP contribution in [0, 0.1) is 18.3 Å². The second-order valence-corrected chi connectivity index (χ2v) is 4.65. The van der Waals surface area contributed by atoms with Crippen molar-refractivity contribution < 1.29 is 9.53 Å². The van der Waals surface area contributed by atoms with Crippen LogP contribution >= 0.6 is 0 Å². The lowest BCUT2D eigenvalue weighted by molar-refractivity contribution is -0.117. The van der Waals surface area contributed by atoms with E-state index >= 15 is 0 Å². The molecule has 1 aromatic rings. The van der Waals surface area contributed by atoms with Gasteiger partial charge in [0.2, 0.25) is 0 Å². The summed E-state index contributed by atoms with van der Waals surface area (Å²) in [6.45, 7) is 1.92. The minimum atomic E-state index is -0.293. The van der Waals surface area contributed by atoms with Gasteiger partial charge in [0.15, 0.2) is 0 Å². The average molecular weight is 256 g/mol. The summed E-state index contributed by atoms with van der Waals surface area (Å²) in [5, 5.41) is 11.9. The van der Waals surface area contributed by atoms with Crippen LogP contribution in [0.25, 0.3) is 6.08 Å². The fourth-order valence-corrected chi connectivity index (χ4v) is 1.80. The summed E-state index contributed by atoms with van der Waals surface area (Å²) < 4.78 is 5.17. The molecule has 1 amide bonds. The number of nitrogens with zero attached hydrogens (tertiary/aromatic N) is 1. The molecule has 1 aliphatic carbocycles. The van der Waals surface area contributed by atoms with Gasteiger partial charge in [-0.05, 0) is 49.1 Å². The highest BCUT2D eigenvalue weighted by molar-refractivity contribution is 6.02. The molecule has 98 valence electrons. The Morgan fingerprint density at radius 1 is 1.53 bits per heavy atom. The molecule has 1 N–H and O–H groups in total. The van der Waals surface area contributed by atoms with Crippen molar-refractivity contribution in [3.05, 3.63) is 34.9 Å². The highest BCUT2D eigenvalue weighted by Crippen LogP contribution is 2.21. The van der Waals surface area contributed by atoms with E-state index in [4.69, 9.17) is 10.00 Å². The molecule has 1 aromatic carbocycles. The summed E-state index contributed by atoms with van der Waals surface area (Å²) in [6.07, 6.45) is 3.61. The van der Waals surface area contributed by atoms with Gasteiger partial charge in [0.25, 0.3) is 5.91 Å². The molecule has 0 atom stereocenters. The number of benzene rings is 1. The van der Waals surface area contributed by atoms with Crippen LogP contribution in [0.5, 0.6) is 5.75 Å². The largest absolute Gasteiger partial charge is 0.496 e. The number of ether oxygens (including phenoxy) is 1. The van der Waals surface area contributed by atoms with Crippen molar-refractivity contribution in [3.63, 3.8) is 0 Å². The maximum absolute atomic E-state index is 11.8. The fourth-order valence-electron chi connectivity index (χ4n) is 1.80. The van der Waals surface area contributed by atoms with Crippen LogP contribution in [0.15, 0.2) is 23.8 Å². The molecule has 0 saturated heterocycles. The lowest BCUT2D eigenvalue weighted by atomic mass is 10.1. The minimum absolute atomic E-state index is 0.136. The van der Waals surface area contributed by atoms with Crippen LogP contribution in [-0.2, 0) is 4.79 Å². The van der Waals surface area contributed by atoms with Gasteiger partial charge in [-0.1, -0.05) is 6.07 Å². The number of aryl methyl sites for hydroxylation is 1. The molecule has 1 fully saturated rings. The summed E-state index contributed by atoms with van der Waals surface area (Å²) in [5.74, 6) is 0.497. The van der Waals surface area contributed by atoms with Crippen molar-refractivity contribution in [1.29, 1.82) is 5.26 Å². The number of amides is 1. The molecule has 0 unspecified atom stereocenters. The Hall–Kier alpha value is -2.28. The molecule has 0 spiro atoms. The average Bonchev–Trinajstić information content (AvgIpc) is 3.20. The third-order valence-electron chi connectivity index (χ3n) is 3.01. The molecule has 1 aliphatic rings. The quantitative estimate of drug-likeness (QED) is 0.663. The van der Waals surface area contributed by atoms with Crippen molar-refractivity contribution in [2.75, 3.05) is 7.11 Å². The first kappa shape index (κ1) is 13.2. The Labute approximate surface area is 112 Å². The Bertz CT molecular complexity index is 566. The van der Waals surface area contributed by atoms with Gasteiger partial charge < -0.3 is 10.1 Å². The first-order valence-electron chi connectivity index (χ1n) is 6.21. The third kappa shape index (κ3) is 3.35. The smallest absolute Gasteiger partial charge is 0.262 e. The summed E-state index contributed by atoms with van der Waals surface area (Å²) in [5.41, 5.74) is 1.92. The summed E-state index contributed by atoms with van der Waals surface area (Å²) >= 11 is 0. The fraction of sp³-hybridized carbons (Fsp3) is 0.333. The van der Waals surface area contributed by atoms with E-state index in [9.17, 15) is 4.79 Å². The molecule has 0 aliphatic heterocycles. The highest BCUT2D eigenvalue weighted by Gasteiger charge is 2.24. The van der Waals surface area contributed by atoms with Crippen LogP contribution in [-0.4, -0.2) is 19.1 Å². The number of nitrogens with one attached hydrogen (secondary N) is 1. The Kier molecular flexibility index (Phi) is 3.86. The van der Waals surface area contributed by atoms with Gasteiger partial charge in [-0.3, -0.25) is 4.79 Å². The van der Waals surface area contributed by atoms with Gasteiger partial charge in [-0.25, -0.2) is 0 Å². The van der Waals surface area contributed by atoms with Crippen molar-refractivity contribution in [1.82, 2.24) is 5.32 Å². The number of rotatable bonds is 4. The Balaban J connectivity index is 2.19. The third-order valence-corrected chi connectivity index (χ3v) is 3.01. The SMILES string of the molecule is COc1ccc(/C=C(\C#N)C(=O)NC2CC2)cc1C. The van der Waals surface area contributed by atoms with Gasteiger partial charge in [-0.15, -0.1) is 0 Å².